The van der Waals surface area contributed by atoms with E-state index in [4.69, 9.17) is 0 Å². The van der Waals surface area contributed by atoms with Gasteiger partial charge in [0.15, 0.2) is 0 Å². The van der Waals surface area contributed by atoms with E-state index < -0.39 is 0 Å². The molecule has 0 unspecified atom stereocenters. The normalized spacial score (nSPS) is 23.6. The molecule has 0 atom stereocenters. The molecule has 3 nitrogen and oxygen atoms in total. The SMILES string of the molecule is CC(C)CN(C(=O)NC(C1CC1)C1CC1)C1CC1. The van der Waals surface area contributed by atoms with E-state index in [2.05, 4.69) is 24.1 Å². The van der Waals surface area contributed by atoms with E-state index >= 15 is 0 Å². The quantitative estimate of drug-likeness (QED) is 0.772. The van der Waals surface area contributed by atoms with Crippen LogP contribution in [0.25, 0.3) is 0 Å². The van der Waals surface area contributed by atoms with Crippen molar-refractivity contribution in [2.75, 3.05) is 6.54 Å². The average molecular weight is 250 g/mol. The Balaban J connectivity index is 1.57. The van der Waals surface area contributed by atoms with Crippen LogP contribution in [0.1, 0.15) is 52.4 Å². The number of hydrogen-bond acceptors (Lipinski definition) is 1. The van der Waals surface area contributed by atoms with Crippen LogP contribution < -0.4 is 5.32 Å². The molecule has 3 fully saturated rings. The van der Waals surface area contributed by atoms with Crippen LogP contribution in [0.3, 0.4) is 0 Å². The molecule has 0 bridgehead atoms. The number of urea groups is 1. The summed E-state index contributed by atoms with van der Waals surface area (Å²) in [5.74, 6) is 2.15. The summed E-state index contributed by atoms with van der Waals surface area (Å²) < 4.78 is 0. The third kappa shape index (κ3) is 2.99. The Bertz CT molecular complexity index is 304. The Morgan fingerprint density at radius 1 is 1.11 bits per heavy atom. The van der Waals surface area contributed by atoms with Crippen molar-refractivity contribution in [3.63, 3.8) is 0 Å². The van der Waals surface area contributed by atoms with Crippen molar-refractivity contribution >= 4 is 6.03 Å². The fourth-order valence-corrected chi connectivity index (χ4v) is 2.93. The smallest absolute Gasteiger partial charge is 0.317 e. The van der Waals surface area contributed by atoms with E-state index in [9.17, 15) is 4.79 Å². The zero-order valence-electron chi connectivity index (χ0n) is 11.7. The van der Waals surface area contributed by atoms with E-state index in [1.165, 1.54) is 38.5 Å². The molecule has 3 aliphatic carbocycles. The van der Waals surface area contributed by atoms with Gasteiger partial charge in [0.1, 0.15) is 0 Å². The number of nitrogens with one attached hydrogen (secondary N) is 1. The van der Waals surface area contributed by atoms with Gasteiger partial charge in [0.2, 0.25) is 0 Å². The molecule has 0 aromatic rings. The third-order valence-electron chi connectivity index (χ3n) is 4.36. The maximum Gasteiger partial charge on any atom is 0.317 e. The summed E-state index contributed by atoms with van der Waals surface area (Å²) in [4.78, 5) is 14.5. The zero-order valence-corrected chi connectivity index (χ0v) is 11.7. The molecule has 3 aliphatic rings. The van der Waals surface area contributed by atoms with Gasteiger partial charge >= 0.3 is 6.03 Å². The van der Waals surface area contributed by atoms with Gasteiger partial charge in [0.05, 0.1) is 0 Å². The van der Waals surface area contributed by atoms with Crippen molar-refractivity contribution in [3.05, 3.63) is 0 Å². The molecule has 2 amide bonds. The van der Waals surface area contributed by atoms with Crippen molar-refractivity contribution in [2.45, 2.75) is 64.5 Å². The topological polar surface area (TPSA) is 32.3 Å². The van der Waals surface area contributed by atoms with E-state index in [-0.39, 0.29) is 6.03 Å². The van der Waals surface area contributed by atoms with Crippen LogP contribution in [0.5, 0.6) is 0 Å². The Kier molecular flexibility index (Phi) is 3.25. The standard InChI is InChI=1S/C15H26N2O/c1-10(2)9-17(13-7-8-13)15(18)16-14(11-3-4-11)12-5-6-12/h10-14H,3-9H2,1-2H3,(H,16,18). The fourth-order valence-electron chi connectivity index (χ4n) is 2.93. The molecule has 0 radical (unpaired) electrons. The van der Waals surface area contributed by atoms with Crippen LogP contribution in [-0.4, -0.2) is 29.6 Å². The molecule has 0 aromatic heterocycles. The Labute approximate surface area is 110 Å². The molecule has 0 aromatic carbocycles. The van der Waals surface area contributed by atoms with Crippen LogP contribution >= 0.6 is 0 Å². The second-order valence-electron chi connectivity index (χ2n) is 6.93. The van der Waals surface area contributed by atoms with Crippen LogP contribution in [0, 0.1) is 17.8 Å². The number of carbonyl (C=O) groups is 1. The predicted molar refractivity (Wildman–Crippen MR) is 72.3 cm³/mol. The Hall–Kier alpha value is -0.730. The monoisotopic (exact) mass is 250 g/mol. The highest BCUT2D eigenvalue weighted by molar-refractivity contribution is 5.75. The first kappa shape index (κ1) is 12.3. The molecule has 102 valence electrons. The summed E-state index contributed by atoms with van der Waals surface area (Å²) in [5.41, 5.74) is 0. The number of hydrogen-bond donors (Lipinski definition) is 1. The van der Waals surface area contributed by atoms with Crippen molar-refractivity contribution in [3.8, 4) is 0 Å². The van der Waals surface area contributed by atoms with Gasteiger partial charge in [-0.3, -0.25) is 0 Å². The maximum atomic E-state index is 12.4. The fraction of sp³-hybridized carbons (Fsp3) is 0.933. The molecule has 3 rings (SSSR count). The molecular formula is C15H26N2O. The van der Waals surface area contributed by atoms with Gasteiger partial charge in [0, 0.05) is 18.6 Å². The average Bonchev–Trinajstić information content (AvgIpc) is 3.14. The molecule has 3 heteroatoms. The molecule has 0 heterocycles. The van der Waals surface area contributed by atoms with Crippen molar-refractivity contribution < 1.29 is 4.79 Å². The van der Waals surface area contributed by atoms with Crippen LogP contribution in [0.4, 0.5) is 4.79 Å². The first-order valence-electron chi connectivity index (χ1n) is 7.72. The van der Waals surface area contributed by atoms with Gasteiger partial charge in [-0.15, -0.1) is 0 Å². The highest BCUT2D eigenvalue weighted by Gasteiger charge is 2.43. The number of carbonyl (C=O) groups excluding carboxylic acids is 1. The Morgan fingerprint density at radius 3 is 2.06 bits per heavy atom. The van der Waals surface area contributed by atoms with Gasteiger partial charge in [0.25, 0.3) is 0 Å². The van der Waals surface area contributed by atoms with Gasteiger partial charge in [-0.1, -0.05) is 13.8 Å². The summed E-state index contributed by atoms with van der Waals surface area (Å²) in [6.07, 6.45) is 7.73. The summed E-state index contributed by atoms with van der Waals surface area (Å²) in [6.45, 7) is 5.31. The minimum atomic E-state index is 0.218. The van der Waals surface area contributed by atoms with Gasteiger partial charge < -0.3 is 10.2 Å². The maximum absolute atomic E-state index is 12.4. The third-order valence-corrected chi connectivity index (χ3v) is 4.36. The first-order valence-corrected chi connectivity index (χ1v) is 7.72. The second-order valence-corrected chi connectivity index (χ2v) is 6.93. The van der Waals surface area contributed by atoms with Crippen molar-refractivity contribution in [2.24, 2.45) is 17.8 Å². The zero-order chi connectivity index (χ0) is 12.7. The molecule has 0 aliphatic heterocycles. The van der Waals surface area contributed by atoms with E-state index in [0.717, 1.165) is 18.4 Å². The van der Waals surface area contributed by atoms with E-state index in [1.807, 2.05) is 0 Å². The number of rotatable bonds is 6. The highest BCUT2D eigenvalue weighted by Crippen LogP contribution is 2.44. The highest BCUT2D eigenvalue weighted by atomic mass is 16.2. The van der Waals surface area contributed by atoms with E-state index in [1.54, 1.807) is 0 Å². The largest absolute Gasteiger partial charge is 0.335 e. The van der Waals surface area contributed by atoms with Crippen LogP contribution in [-0.2, 0) is 0 Å². The second kappa shape index (κ2) is 4.75. The molecule has 0 saturated heterocycles. The first-order chi connectivity index (χ1) is 8.65. The summed E-state index contributed by atoms with van der Waals surface area (Å²) >= 11 is 0. The van der Waals surface area contributed by atoms with Gasteiger partial charge in [-0.05, 0) is 56.3 Å². The lowest BCUT2D eigenvalue weighted by Crippen LogP contribution is -2.48. The summed E-state index contributed by atoms with van der Waals surface area (Å²) in [5, 5.41) is 3.35. The summed E-state index contributed by atoms with van der Waals surface area (Å²) in [6, 6.07) is 1.24. The molecule has 1 N–H and O–H groups in total. The van der Waals surface area contributed by atoms with Crippen molar-refractivity contribution in [1.29, 1.82) is 0 Å². The molecule has 18 heavy (non-hydrogen) atoms. The number of nitrogens with zero attached hydrogens (tertiary/aromatic N) is 1. The molecular weight excluding hydrogens is 224 g/mol. The summed E-state index contributed by atoms with van der Waals surface area (Å²) in [7, 11) is 0. The van der Waals surface area contributed by atoms with E-state index in [0.29, 0.717) is 18.0 Å². The minimum absolute atomic E-state index is 0.218. The minimum Gasteiger partial charge on any atom is -0.335 e. The molecule has 3 saturated carbocycles. The predicted octanol–water partition coefficient (Wildman–Crippen LogP) is 3.01. The number of amides is 2. The van der Waals surface area contributed by atoms with Gasteiger partial charge in [-0.2, -0.15) is 0 Å². The lowest BCUT2D eigenvalue weighted by atomic mass is 10.1. The Morgan fingerprint density at radius 2 is 1.67 bits per heavy atom. The lowest BCUT2D eigenvalue weighted by molar-refractivity contribution is 0.180. The lowest BCUT2D eigenvalue weighted by Gasteiger charge is -2.28. The van der Waals surface area contributed by atoms with Crippen molar-refractivity contribution in [1.82, 2.24) is 10.2 Å². The van der Waals surface area contributed by atoms with Gasteiger partial charge in [-0.25, -0.2) is 4.79 Å². The molecule has 0 spiro atoms. The van der Waals surface area contributed by atoms with Crippen LogP contribution in [0.2, 0.25) is 0 Å². The van der Waals surface area contributed by atoms with Crippen LogP contribution in [0.15, 0.2) is 0 Å².